The molecule has 0 atom stereocenters. The molecule has 3 heteroatoms. The van der Waals surface area contributed by atoms with Crippen molar-refractivity contribution in [1.82, 2.24) is 10.9 Å². The summed E-state index contributed by atoms with van der Waals surface area (Å²) in [4.78, 5) is 0. The predicted octanol–water partition coefficient (Wildman–Crippen LogP) is 11.7. The molecule has 3 nitrogen and oxygen atoms in total. The molecule has 0 fully saturated rings. The monoisotopic (exact) mass is 659 g/mol. The second kappa shape index (κ2) is 14.7. The van der Waals surface area contributed by atoms with Crippen LogP contribution in [0.2, 0.25) is 0 Å². The van der Waals surface area contributed by atoms with Crippen molar-refractivity contribution in [3.63, 3.8) is 0 Å². The van der Waals surface area contributed by atoms with Gasteiger partial charge in [0.2, 0.25) is 0 Å². The van der Waals surface area contributed by atoms with Crippen LogP contribution in [-0.4, -0.2) is 5.84 Å². The maximum atomic E-state index is 9.22. The minimum absolute atomic E-state index is 0.299. The number of benzene rings is 7. The second-order valence-corrected chi connectivity index (χ2v) is 13.0. The van der Waals surface area contributed by atoms with Gasteiger partial charge in [-0.15, -0.1) is 0 Å². The summed E-state index contributed by atoms with van der Waals surface area (Å²) in [6, 6.07) is 61.2. The van der Waals surface area contributed by atoms with E-state index in [0.717, 1.165) is 50.1 Å². The molecule has 248 valence electrons. The number of hydrazine groups is 1. The van der Waals surface area contributed by atoms with Gasteiger partial charge in [0, 0.05) is 5.56 Å². The third-order valence-electron chi connectivity index (χ3n) is 9.85. The van der Waals surface area contributed by atoms with Crippen molar-refractivity contribution in [2.45, 2.75) is 19.4 Å². The second-order valence-electron chi connectivity index (χ2n) is 13.0. The van der Waals surface area contributed by atoms with Crippen molar-refractivity contribution in [3.05, 3.63) is 210 Å². The lowest BCUT2D eigenvalue weighted by Crippen LogP contribution is -2.51. The molecule has 7 rings (SSSR count). The summed E-state index contributed by atoms with van der Waals surface area (Å²) >= 11 is 0. The summed E-state index contributed by atoms with van der Waals surface area (Å²) in [5.74, 6) is 0.299. The van der Waals surface area contributed by atoms with Crippen LogP contribution in [0.3, 0.4) is 0 Å². The minimum Gasteiger partial charge on any atom is -0.305 e. The van der Waals surface area contributed by atoms with E-state index in [9.17, 15) is 5.41 Å². The maximum absolute atomic E-state index is 9.22. The largest absolute Gasteiger partial charge is 0.305 e. The Bertz CT molecular complexity index is 2230. The quantitative estimate of drug-likeness (QED) is 0.0777. The molecule has 0 radical (unpaired) electrons. The SMILES string of the molecule is C=Cc1cccc(-c2ccc(-c3ccc(-c4ccccc4)cc3)cc2)c1-c1cccc(C(=N)NNC(C)(c2ccccc2)c2ccccc2)c1C. The van der Waals surface area contributed by atoms with E-state index in [1.165, 1.54) is 22.3 Å². The lowest BCUT2D eigenvalue weighted by Gasteiger charge is -2.33. The molecule has 0 heterocycles. The van der Waals surface area contributed by atoms with Gasteiger partial charge in [0.05, 0.1) is 5.54 Å². The first-order valence-corrected chi connectivity index (χ1v) is 17.3. The van der Waals surface area contributed by atoms with Crippen LogP contribution in [0.4, 0.5) is 0 Å². The molecular formula is C48H41N3. The van der Waals surface area contributed by atoms with Crippen LogP contribution >= 0.6 is 0 Å². The summed E-state index contributed by atoms with van der Waals surface area (Å²) < 4.78 is 0. The molecule has 0 aliphatic rings. The molecule has 51 heavy (non-hydrogen) atoms. The third-order valence-corrected chi connectivity index (χ3v) is 9.85. The van der Waals surface area contributed by atoms with Gasteiger partial charge in [0.1, 0.15) is 5.84 Å². The number of hydrogen-bond acceptors (Lipinski definition) is 2. The Morgan fingerprint density at radius 3 is 1.51 bits per heavy atom. The molecule has 0 spiro atoms. The van der Waals surface area contributed by atoms with Gasteiger partial charge in [-0.2, -0.15) is 0 Å². The fourth-order valence-electron chi connectivity index (χ4n) is 6.90. The van der Waals surface area contributed by atoms with Gasteiger partial charge < -0.3 is 5.43 Å². The van der Waals surface area contributed by atoms with E-state index in [2.05, 4.69) is 153 Å². The van der Waals surface area contributed by atoms with Crippen molar-refractivity contribution in [2.24, 2.45) is 0 Å². The van der Waals surface area contributed by atoms with Crippen LogP contribution in [-0.2, 0) is 5.54 Å². The molecular weight excluding hydrogens is 619 g/mol. The van der Waals surface area contributed by atoms with Gasteiger partial charge >= 0.3 is 0 Å². The Balaban J connectivity index is 1.18. The Kier molecular flexibility index (Phi) is 9.56. The Labute approximate surface area is 301 Å². The van der Waals surface area contributed by atoms with E-state index in [4.69, 9.17) is 0 Å². The first kappa shape index (κ1) is 33.2. The normalized spacial score (nSPS) is 11.2. The van der Waals surface area contributed by atoms with Crippen LogP contribution in [0, 0.1) is 12.3 Å². The highest BCUT2D eigenvalue weighted by Gasteiger charge is 2.29. The smallest absolute Gasteiger partial charge is 0.140 e. The molecule has 0 saturated carbocycles. The average molecular weight is 660 g/mol. The van der Waals surface area contributed by atoms with Crippen molar-refractivity contribution in [2.75, 3.05) is 0 Å². The zero-order chi connectivity index (χ0) is 35.2. The Hall–Kier alpha value is -6.29. The van der Waals surface area contributed by atoms with E-state index >= 15 is 0 Å². The zero-order valence-electron chi connectivity index (χ0n) is 29.0. The van der Waals surface area contributed by atoms with Crippen LogP contribution in [0.1, 0.15) is 34.7 Å². The molecule has 0 unspecified atom stereocenters. The van der Waals surface area contributed by atoms with Crippen LogP contribution in [0.5, 0.6) is 0 Å². The zero-order valence-corrected chi connectivity index (χ0v) is 29.0. The summed E-state index contributed by atoms with van der Waals surface area (Å²) in [6.45, 7) is 8.41. The van der Waals surface area contributed by atoms with Gasteiger partial charge in [-0.05, 0) is 80.6 Å². The summed E-state index contributed by atoms with van der Waals surface area (Å²) in [5, 5.41) is 9.22. The molecule has 7 aromatic carbocycles. The third kappa shape index (κ3) is 6.81. The molecule has 3 N–H and O–H groups in total. The predicted molar refractivity (Wildman–Crippen MR) is 215 cm³/mol. The van der Waals surface area contributed by atoms with Crippen LogP contribution in [0.15, 0.2) is 183 Å². The highest BCUT2D eigenvalue weighted by atomic mass is 15.4. The molecule has 0 bridgehead atoms. The Morgan fingerprint density at radius 2 is 0.980 bits per heavy atom. The highest BCUT2D eigenvalue weighted by molar-refractivity contribution is 6.01. The lowest BCUT2D eigenvalue weighted by molar-refractivity contribution is 0.414. The van der Waals surface area contributed by atoms with Crippen molar-refractivity contribution in [3.8, 4) is 44.5 Å². The summed E-state index contributed by atoms with van der Waals surface area (Å²) in [6.07, 6.45) is 1.92. The molecule has 7 aromatic rings. The standard InChI is InChI=1S/C48H41N3/c1-4-35-18-14-25-45(40-32-30-39(31-33-40)38-28-26-37(27-29-38)36-16-8-5-9-17-36)46(35)43-23-15-24-44(34(43)2)47(49)50-51-48(3,41-19-10-6-11-20-41)42-21-12-7-13-22-42/h4-33,51H,1H2,2-3H3,(H2,49,50). The molecule has 0 amide bonds. The van der Waals surface area contributed by atoms with E-state index in [1.807, 2.05) is 60.7 Å². The van der Waals surface area contributed by atoms with Crippen molar-refractivity contribution >= 4 is 11.9 Å². The average Bonchev–Trinajstić information content (AvgIpc) is 3.21. The number of nitrogens with one attached hydrogen (secondary N) is 3. The lowest BCUT2D eigenvalue weighted by atomic mass is 9.85. The minimum atomic E-state index is -0.570. The molecule has 0 aromatic heterocycles. The molecule has 0 saturated heterocycles. The fraction of sp³-hybridized carbons (Fsp3) is 0.0625. The maximum Gasteiger partial charge on any atom is 0.140 e. The Morgan fingerprint density at radius 1 is 0.529 bits per heavy atom. The summed E-state index contributed by atoms with van der Waals surface area (Å²) in [7, 11) is 0. The van der Waals surface area contributed by atoms with Gasteiger partial charge in [-0.3, -0.25) is 5.41 Å². The van der Waals surface area contributed by atoms with E-state index in [-0.39, 0.29) is 0 Å². The van der Waals surface area contributed by atoms with Gasteiger partial charge in [0.15, 0.2) is 0 Å². The van der Waals surface area contributed by atoms with Crippen molar-refractivity contribution < 1.29 is 0 Å². The van der Waals surface area contributed by atoms with Gasteiger partial charge in [-0.25, -0.2) is 5.43 Å². The summed E-state index contributed by atoms with van der Waals surface area (Å²) in [5.41, 5.74) is 20.5. The number of hydrogen-bond donors (Lipinski definition) is 3. The van der Waals surface area contributed by atoms with E-state index < -0.39 is 5.54 Å². The van der Waals surface area contributed by atoms with Crippen LogP contribution in [0.25, 0.3) is 50.6 Å². The topological polar surface area (TPSA) is 47.9 Å². The highest BCUT2D eigenvalue weighted by Crippen LogP contribution is 2.39. The van der Waals surface area contributed by atoms with Crippen LogP contribution < -0.4 is 10.9 Å². The van der Waals surface area contributed by atoms with Gasteiger partial charge in [0.25, 0.3) is 0 Å². The van der Waals surface area contributed by atoms with Crippen molar-refractivity contribution in [1.29, 1.82) is 5.41 Å². The molecule has 0 aliphatic heterocycles. The number of rotatable bonds is 10. The first-order valence-electron chi connectivity index (χ1n) is 17.3. The molecule has 0 aliphatic carbocycles. The first-order chi connectivity index (χ1) is 25.0. The van der Waals surface area contributed by atoms with Gasteiger partial charge in [-0.1, -0.05) is 189 Å². The fourth-order valence-corrected chi connectivity index (χ4v) is 6.90. The van der Waals surface area contributed by atoms with E-state index in [1.54, 1.807) is 0 Å². The number of amidine groups is 1. The van der Waals surface area contributed by atoms with E-state index in [0.29, 0.717) is 5.84 Å².